The molecule has 0 saturated heterocycles. The van der Waals surface area contributed by atoms with Crippen LogP contribution in [0.3, 0.4) is 0 Å². The molecule has 1 aliphatic heterocycles. The fourth-order valence-corrected chi connectivity index (χ4v) is 3.59. The number of fused-ring (bicyclic) bond motifs is 1. The van der Waals surface area contributed by atoms with Crippen LogP contribution < -0.4 is 10.2 Å². The molecule has 0 bridgehead atoms. The Morgan fingerprint density at radius 3 is 2.69 bits per heavy atom. The maximum absolute atomic E-state index is 13.1. The Balaban J connectivity index is 2.13. The number of anilines is 1. The number of hydrogen-bond donors (Lipinski definition) is 2. The summed E-state index contributed by atoms with van der Waals surface area (Å²) in [4.78, 5) is 21.0. The van der Waals surface area contributed by atoms with Crippen LogP contribution in [-0.4, -0.2) is 60.2 Å². The Morgan fingerprint density at radius 2 is 2.00 bits per heavy atom. The zero-order valence-electron chi connectivity index (χ0n) is 15.9. The molecule has 2 N–H and O–H groups in total. The summed E-state index contributed by atoms with van der Waals surface area (Å²) in [6.45, 7) is 0.272. The van der Waals surface area contributed by atoms with E-state index < -0.39 is 6.17 Å². The van der Waals surface area contributed by atoms with Crippen LogP contribution in [0.5, 0.6) is 0 Å². The van der Waals surface area contributed by atoms with Gasteiger partial charge in [0.25, 0.3) is 5.91 Å². The first kappa shape index (κ1) is 21.5. The lowest BCUT2D eigenvalue weighted by Crippen LogP contribution is -2.50. The van der Waals surface area contributed by atoms with Crippen LogP contribution in [0.1, 0.15) is 11.1 Å². The highest BCUT2D eigenvalue weighted by atomic mass is 35.5. The molecule has 2 aromatic carbocycles. The van der Waals surface area contributed by atoms with E-state index in [2.05, 4.69) is 5.32 Å². The summed E-state index contributed by atoms with van der Waals surface area (Å²) < 4.78 is 0. The van der Waals surface area contributed by atoms with Crippen LogP contribution in [0, 0.1) is 0 Å². The minimum atomic E-state index is -0.967. The number of rotatable bonds is 4. The van der Waals surface area contributed by atoms with Gasteiger partial charge in [-0.15, -0.1) is 0 Å². The molecular formula is C20H20Cl2N4O2S. The molecule has 9 heteroatoms. The number of thiocarbonyl (C=S) groups is 1. The molecule has 0 radical (unpaired) electrons. The summed E-state index contributed by atoms with van der Waals surface area (Å²) in [5.74, 6) is -0.282. The second-order valence-corrected chi connectivity index (χ2v) is 7.74. The molecule has 0 spiro atoms. The first-order valence-electron chi connectivity index (χ1n) is 8.86. The van der Waals surface area contributed by atoms with Crippen molar-refractivity contribution in [3.8, 4) is 0 Å². The van der Waals surface area contributed by atoms with Gasteiger partial charge < -0.3 is 20.2 Å². The lowest BCUT2D eigenvalue weighted by Gasteiger charge is -2.25. The zero-order valence-corrected chi connectivity index (χ0v) is 18.2. The number of carbonyl (C=O) groups excluding carboxylic acids is 1. The Hall–Kier alpha value is -2.19. The number of nitrogens with one attached hydrogen (secondary N) is 1. The molecule has 2 aromatic rings. The van der Waals surface area contributed by atoms with Crippen LogP contribution in [-0.2, 0) is 4.79 Å². The third-order valence-electron chi connectivity index (χ3n) is 4.57. The van der Waals surface area contributed by atoms with Gasteiger partial charge >= 0.3 is 0 Å². The summed E-state index contributed by atoms with van der Waals surface area (Å²) in [6, 6.07) is 12.6. The van der Waals surface area contributed by atoms with E-state index in [1.807, 2.05) is 18.2 Å². The number of aliphatic hydroxyl groups excluding tert-OH is 1. The topological polar surface area (TPSA) is 68.2 Å². The average Bonchev–Trinajstić information content (AvgIpc) is 2.79. The van der Waals surface area contributed by atoms with Gasteiger partial charge in [0.15, 0.2) is 5.11 Å². The second-order valence-electron chi connectivity index (χ2n) is 6.51. The maximum Gasteiger partial charge on any atom is 0.272 e. The monoisotopic (exact) mass is 450 g/mol. The van der Waals surface area contributed by atoms with Gasteiger partial charge in [-0.1, -0.05) is 41.4 Å². The molecule has 0 fully saturated rings. The number of amides is 1. The Bertz CT molecular complexity index is 983. The van der Waals surface area contributed by atoms with E-state index in [0.29, 0.717) is 44.2 Å². The van der Waals surface area contributed by atoms with Crippen molar-refractivity contribution in [1.29, 1.82) is 0 Å². The lowest BCUT2D eigenvalue weighted by molar-refractivity contribution is -0.119. The quantitative estimate of drug-likeness (QED) is 0.700. The van der Waals surface area contributed by atoms with Crippen molar-refractivity contribution in [3.63, 3.8) is 0 Å². The highest BCUT2D eigenvalue weighted by Crippen LogP contribution is 2.31. The van der Waals surface area contributed by atoms with Gasteiger partial charge in [-0.3, -0.25) is 4.79 Å². The van der Waals surface area contributed by atoms with Gasteiger partial charge in [-0.05, 0) is 36.5 Å². The Kier molecular flexibility index (Phi) is 6.74. The van der Waals surface area contributed by atoms with E-state index in [0.717, 1.165) is 0 Å². The van der Waals surface area contributed by atoms with Crippen molar-refractivity contribution in [2.75, 3.05) is 32.1 Å². The largest absolute Gasteiger partial charge is 0.395 e. The van der Waals surface area contributed by atoms with Crippen LogP contribution in [0.25, 0.3) is 0 Å². The zero-order chi connectivity index (χ0) is 21.1. The molecule has 152 valence electrons. The normalized spacial score (nSPS) is 16.0. The molecule has 0 saturated carbocycles. The van der Waals surface area contributed by atoms with Gasteiger partial charge in [0.1, 0.15) is 0 Å². The second kappa shape index (κ2) is 9.09. The van der Waals surface area contributed by atoms with Crippen molar-refractivity contribution in [2.24, 2.45) is 4.99 Å². The van der Waals surface area contributed by atoms with Crippen molar-refractivity contribution < 1.29 is 9.90 Å². The SMILES string of the molecule is CN(CCO)C(=S)NC1N=C(c2ccccc2Cl)c2cc(Cl)ccc2N(C)C1=O. The number of likely N-dealkylation sites (N-methyl/N-ethyl adjacent to an activating group) is 2. The minimum absolute atomic E-state index is 0.0606. The Morgan fingerprint density at radius 1 is 1.28 bits per heavy atom. The summed E-state index contributed by atoms with van der Waals surface area (Å²) >= 11 is 18.0. The minimum Gasteiger partial charge on any atom is -0.395 e. The number of aliphatic hydroxyl groups is 1. The van der Waals surface area contributed by atoms with Crippen molar-refractivity contribution >= 4 is 57.8 Å². The molecule has 1 heterocycles. The molecule has 6 nitrogen and oxygen atoms in total. The number of benzodiazepines with no additional fused rings is 1. The molecule has 0 aromatic heterocycles. The average molecular weight is 451 g/mol. The highest BCUT2D eigenvalue weighted by molar-refractivity contribution is 7.80. The van der Waals surface area contributed by atoms with Crippen molar-refractivity contribution in [1.82, 2.24) is 10.2 Å². The number of halogens is 2. The Labute approximate surface area is 184 Å². The van der Waals surface area contributed by atoms with Gasteiger partial charge in [0.05, 0.1) is 18.0 Å². The van der Waals surface area contributed by atoms with Gasteiger partial charge in [0, 0.05) is 41.8 Å². The van der Waals surface area contributed by atoms with Gasteiger partial charge in [0.2, 0.25) is 6.17 Å². The van der Waals surface area contributed by atoms with E-state index in [1.165, 1.54) is 4.90 Å². The first-order chi connectivity index (χ1) is 13.8. The molecule has 1 amide bonds. The van der Waals surface area contributed by atoms with E-state index in [1.54, 1.807) is 43.3 Å². The number of carbonyl (C=O) groups is 1. The van der Waals surface area contributed by atoms with Crippen molar-refractivity contribution in [3.05, 3.63) is 63.6 Å². The molecule has 0 aliphatic carbocycles. The smallest absolute Gasteiger partial charge is 0.272 e. The molecule has 29 heavy (non-hydrogen) atoms. The maximum atomic E-state index is 13.1. The number of nitrogens with zero attached hydrogens (tertiary/aromatic N) is 3. The van der Waals surface area contributed by atoms with E-state index in [9.17, 15) is 4.79 Å². The van der Waals surface area contributed by atoms with Crippen molar-refractivity contribution in [2.45, 2.75) is 6.17 Å². The predicted molar refractivity (Wildman–Crippen MR) is 121 cm³/mol. The van der Waals surface area contributed by atoms with E-state index >= 15 is 0 Å². The summed E-state index contributed by atoms with van der Waals surface area (Å²) in [5, 5.41) is 13.5. The highest BCUT2D eigenvalue weighted by Gasteiger charge is 2.31. The lowest BCUT2D eigenvalue weighted by atomic mass is 10.00. The fraction of sp³-hybridized carbons (Fsp3) is 0.250. The first-order valence-corrected chi connectivity index (χ1v) is 10.0. The third-order valence-corrected chi connectivity index (χ3v) is 5.56. The molecule has 1 aliphatic rings. The van der Waals surface area contributed by atoms with Gasteiger partial charge in [-0.25, -0.2) is 4.99 Å². The van der Waals surface area contributed by atoms with Crippen LogP contribution in [0.4, 0.5) is 5.69 Å². The number of benzene rings is 2. The third kappa shape index (κ3) is 4.53. The predicted octanol–water partition coefficient (Wildman–Crippen LogP) is 2.93. The van der Waals surface area contributed by atoms with E-state index in [4.69, 9.17) is 45.5 Å². The van der Waals surface area contributed by atoms with E-state index in [-0.39, 0.29) is 12.5 Å². The number of aliphatic imine (C=N–C) groups is 1. The molecule has 1 atom stereocenters. The summed E-state index contributed by atoms with van der Waals surface area (Å²) in [6.07, 6.45) is -0.967. The summed E-state index contributed by atoms with van der Waals surface area (Å²) in [7, 11) is 3.40. The molecule has 1 unspecified atom stereocenters. The van der Waals surface area contributed by atoms with Crippen LogP contribution in [0.2, 0.25) is 10.0 Å². The molecular weight excluding hydrogens is 431 g/mol. The molecule has 3 rings (SSSR count). The summed E-state index contributed by atoms with van der Waals surface area (Å²) in [5.41, 5.74) is 2.58. The van der Waals surface area contributed by atoms with Crippen LogP contribution in [0.15, 0.2) is 47.5 Å². The fourth-order valence-electron chi connectivity index (χ4n) is 2.99. The van der Waals surface area contributed by atoms with Crippen LogP contribution >= 0.6 is 35.4 Å². The van der Waals surface area contributed by atoms with Gasteiger partial charge in [-0.2, -0.15) is 0 Å². The standard InChI is InChI=1S/C20H20Cl2N4O2S/c1-25(9-10-27)20(29)24-18-19(28)26(2)16-8-7-12(21)11-14(16)17(23-18)13-5-3-4-6-15(13)22/h3-8,11,18,27H,9-10H2,1-2H3,(H,24,29). The number of hydrogen-bond acceptors (Lipinski definition) is 4.